The third-order valence-electron chi connectivity index (χ3n) is 7.24. The Labute approximate surface area is 232 Å². The van der Waals surface area contributed by atoms with Crippen molar-refractivity contribution in [1.29, 1.82) is 0 Å². The Morgan fingerprint density at radius 3 is 2.50 bits per heavy atom. The van der Waals surface area contributed by atoms with Gasteiger partial charge in [-0.1, -0.05) is 54.8 Å². The van der Waals surface area contributed by atoms with Crippen LogP contribution in [-0.4, -0.2) is 34.5 Å². The van der Waals surface area contributed by atoms with Gasteiger partial charge in [0.15, 0.2) is 0 Å². The number of nitrogens with one attached hydrogen (secondary N) is 2. The summed E-state index contributed by atoms with van der Waals surface area (Å²) in [6, 6.07) is 19.6. The summed E-state index contributed by atoms with van der Waals surface area (Å²) in [5.74, 6) is -0.676. The Morgan fingerprint density at radius 2 is 1.80 bits per heavy atom. The molecule has 0 radical (unpaired) electrons. The van der Waals surface area contributed by atoms with Crippen molar-refractivity contribution in [3.63, 3.8) is 0 Å². The van der Waals surface area contributed by atoms with Crippen LogP contribution in [0.4, 0.5) is 15.8 Å². The molecule has 0 bridgehead atoms. The van der Waals surface area contributed by atoms with Gasteiger partial charge in [-0.2, -0.15) is 4.98 Å². The van der Waals surface area contributed by atoms with E-state index in [0.29, 0.717) is 22.8 Å². The van der Waals surface area contributed by atoms with Gasteiger partial charge < -0.3 is 15.2 Å². The number of aryl methyl sites for hydroxylation is 1. The van der Waals surface area contributed by atoms with Crippen molar-refractivity contribution in [1.82, 2.24) is 15.5 Å². The molecule has 3 aromatic carbocycles. The number of benzene rings is 3. The Hall–Kier alpha value is -4.53. The largest absolute Gasteiger partial charge is 0.376 e. The van der Waals surface area contributed by atoms with E-state index in [1.165, 1.54) is 23.4 Å². The van der Waals surface area contributed by atoms with Gasteiger partial charge in [0.05, 0.1) is 6.54 Å². The molecule has 1 unspecified atom stereocenters. The zero-order valence-electron chi connectivity index (χ0n) is 22.3. The fraction of sp³-hybridized carbons (Fsp3) is 0.290. The summed E-state index contributed by atoms with van der Waals surface area (Å²) in [5, 5.41) is 10.2. The number of carbonyl (C=O) groups is 2. The van der Waals surface area contributed by atoms with Crippen molar-refractivity contribution < 1.29 is 18.5 Å². The first-order valence-electron chi connectivity index (χ1n) is 13.5. The average Bonchev–Trinajstić information content (AvgIpc) is 3.51. The molecule has 1 aliphatic carbocycles. The lowest BCUT2D eigenvalue weighted by atomic mass is 9.93. The van der Waals surface area contributed by atoms with Gasteiger partial charge in [-0.05, 0) is 73.4 Å². The maximum Gasteiger partial charge on any atom is 0.248 e. The molecule has 5 rings (SSSR count). The zero-order valence-corrected chi connectivity index (χ0v) is 22.3. The van der Waals surface area contributed by atoms with Crippen molar-refractivity contribution in [2.24, 2.45) is 0 Å². The highest BCUT2D eigenvalue weighted by atomic mass is 19.1. The van der Waals surface area contributed by atoms with E-state index in [4.69, 9.17) is 4.52 Å². The second kappa shape index (κ2) is 12.5. The van der Waals surface area contributed by atoms with E-state index < -0.39 is 11.9 Å². The number of hydrogen-bond acceptors (Lipinski definition) is 6. The smallest absolute Gasteiger partial charge is 0.248 e. The predicted octanol–water partition coefficient (Wildman–Crippen LogP) is 5.82. The molecule has 9 heteroatoms. The standard InChI is InChI=1S/C31H32FN5O3/c1-21-8-5-6-13-27(21)29(31(39)35-25-10-3-2-4-11-25)37(26-12-7-9-23(32)18-26)28(38)19-33-24-16-14-22(15-17-24)30-34-20-40-36-30/h5-9,12-18,20,25,29,33H,2-4,10-11,19H2,1H3,(H,35,39). The second-order valence-electron chi connectivity index (χ2n) is 10.0. The van der Waals surface area contributed by atoms with Crippen LogP contribution in [0.3, 0.4) is 0 Å². The van der Waals surface area contributed by atoms with Crippen LogP contribution in [-0.2, 0) is 9.59 Å². The van der Waals surface area contributed by atoms with Crippen LogP contribution in [0.1, 0.15) is 49.3 Å². The minimum Gasteiger partial charge on any atom is -0.376 e. The minimum absolute atomic E-state index is 0.0491. The number of carbonyl (C=O) groups excluding carboxylic acids is 2. The summed E-state index contributed by atoms with van der Waals surface area (Å²) < 4.78 is 19.2. The third kappa shape index (κ3) is 6.36. The molecule has 4 aromatic rings. The average molecular weight is 542 g/mol. The summed E-state index contributed by atoms with van der Waals surface area (Å²) in [4.78, 5) is 33.3. The molecule has 0 aliphatic heterocycles. The zero-order chi connectivity index (χ0) is 27.9. The van der Waals surface area contributed by atoms with E-state index >= 15 is 0 Å². The summed E-state index contributed by atoms with van der Waals surface area (Å²) in [6.45, 7) is 1.80. The molecule has 2 amide bonds. The lowest BCUT2D eigenvalue weighted by Gasteiger charge is -2.34. The number of nitrogens with zero attached hydrogens (tertiary/aromatic N) is 3. The SMILES string of the molecule is Cc1ccccc1C(C(=O)NC1CCCCC1)N(C(=O)CNc1ccc(-c2ncon2)cc1)c1cccc(F)c1. The quantitative estimate of drug-likeness (QED) is 0.277. The molecule has 1 heterocycles. The molecule has 1 aliphatic rings. The number of rotatable bonds is 9. The molecule has 8 nitrogen and oxygen atoms in total. The molecule has 1 aromatic heterocycles. The molecule has 0 saturated heterocycles. The number of anilines is 2. The number of hydrogen-bond donors (Lipinski definition) is 2. The number of amides is 2. The van der Waals surface area contributed by atoms with E-state index in [1.54, 1.807) is 24.3 Å². The van der Waals surface area contributed by atoms with Gasteiger partial charge in [0.2, 0.25) is 24.0 Å². The molecular formula is C31H32FN5O3. The van der Waals surface area contributed by atoms with Gasteiger partial charge in [0.25, 0.3) is 0 Å². The summed E-state index contributed by atoms with van der Waals surface area (Å²) >= 11 is 0. The van der Waals surface area contributed by atoms with Gasteiger partial charge in [-0.15, -0.1) is 0 Å². The van der Waals surface area contributed by atoms with Gasteiger partial charge in [0.1, 0.15) is 11.9 Å². The third-order valence-corrected chi connectivity index (χ3v) is 7.24. The van der Waals surface area contributed by atoms with Gasteiger partial charge in [0, 0.05) is 23.0 Å². The van der Waals surface area contributed by atoms with Crippen molar-refractivity contribution >= 4 is 23.2 Å². The maximum atomic E-state index is 14.4. The Morgan fingerprint density at radius 1 is 1.02 bits per heavy atom. The van der Waals surface area contributed by atoms with Gasteiger partial charge in [-0.25, -0.2) is 4.39 Å². The van der Waals surface area contributed by atoms with Crippen LogP contribution in [0.15, 0.2) is 83.7 Å². The van der Waals surface area contributed by atoms with Crippen LogP contribution in [0, 0.1) is 12.7 Å². The van der Waals surface area contributed by atoms with E-state index in [0.717, 1.165) is 43.2 Å². The van der Waals surface area contributed by atoms with Crippen molar-refractivity contribution in [3.8, 4) is 11.4 Å². The maximum absolute atomic E-state index is 14.4. The highest BCUT2D eigenvalue weighted by molar-refractivity contribution is 6.03. The van der Waals surface area contributed by atoms with Crippen molar-refractivity contribution in [3.05, 3.63) is 96.1 Å². The van der Waals surface area contributed by atoms with Gasteiger partial charge in [-0.3, -0.25) is 14.5 Å². The summed E-state index contributed by atoms with van der Waals surface area (Å²) in [5.41, 5.74) is 3.33. The highest BCUT2D eigenvalue weighted by Gasteiger charge is 2.35. The molecule has 1 fully saturated rings. The van der Waals surface area contributed by atoms with E-state index in [-0.39, 0.29) is 24.4 Å². The molecule has 1 atom stereocenters. The van der Waals surface area contributed by atoms with Crippen molar-refractivity contribution in [2.75, 3.05) is 16.8 Å². The molecule has 206 valence electrons. The van der Waals surface area contributed by atoms with Crippen LogP contribution in [0.2, 0.25) is 0 Å². The fourth-order valence-corrected chi connectivity index (χ4v) is 5.18. The summed E-state index contributed by atoms with van der Waals surface area (Å²) in [6.07, 6.45) is 6.34. The van der Waals surface area contributed by atoms with Crippen LogP contribution >= 0.6 is 0 Å². The topological polar surface area (TPSA) is 100 Å². The minimum atomic E-state index is -0.972. The van der Waals surface area contributed by atoms with E-state index in [9.17, 15) is 14.0 Å². The van der Waals surface area contributed by atoms with E-state index in [2.05, 4.69) is 20.8 Å². The lowest BCUT2D eigenvalue weighted by molar-refractivity contribution is -0.126. The molecule has 0 spiro atoms. The first kappa shape index (κ1) is 27.1. The van der Waals surface area contributed by atoms with Crippen LogP contribution in [0.25, 0.3) is 11.4 Å². The molecule has 2 N–H and O–H groups in total. The Balaban J connectivity index is 1.44. The van der Waals surface area contributed by atoms with E-state index in [1.807, 2.05) is 43.3 Å². The predicted molar refractivity (Wildman–Crippen MR) is 151 cm³/mol. The first-order valence-corrected chi connectivity index (χ1v) is 13.5. The second-order valence-corrected chi connectivity index (χ2v) is 10.0. The molecular weight excluding hydrogens is 509 g/mol. The molecule has 40 heavy (non-hydrogen) atoms. The number of aromatic nitrogens is 2. The normalized spacial score (nSPS) is 14.3. The van der Waals surface area contributed by atoms with Gasteiger partial charge >= 0.3 is 0 Å². The molecule has 1 saturated carbocycles. The number of halogens is 1. The Bertz CT molecular complexity index is 1440. The van der Waals surface area contributed by atoms with Crippen LogP contribution < -0.4 is 15.5 Å². The van der Waals surface area contributed by atoms with Crippen LogP contribution in [0.5, 0.6) is 0 Å². The lowest BCUT2D eigenvalue weighted by Crippen LogP contribution is -2.48. The van der Waals surface area contributed by atoms with Crippen molar-refractivity contribution in [2.45, 2.75) is 51.1 Å². The highest BCUT2D eigenvalue weighted by Crippen LogP contribution is 2.31. The first-order chi connectivity index (χ1) is 19.5. The Kier molecular flexibility index (Phi) is 8.49. The fourth-order valence-electron chi connectivity index (χ4n) is 5.18. The summed E-state index contributed by atoms with van der Waals surface area (Å²) in [7, 11) is 0. The monoisotopic (exact) mass is 541 g/mol.